The predicted molar refractivity (Wildman–Crippen MR) is 64.0 cm³/mol. The molecule has 0 saturated heterocycles. The van der Waals surface area contributed by atoms with E-state index in [1.807, 2.05) is 0 Å². The SMILES string of the molecule is CC(=O)CCC[C@H](NC(=O)CCC(=O)O)C(C)=O. The molecule has 0 spiro atoms. The molecule has 0 aromatic heterocycles. The summed E-state index contributed by atoms with van der Waals surface area (Å²) in [7, 11) is 0. The van der Waals surface area contributed by atoms with E-state index in [0.29, 0.717) is 19.3 Å². The van der Waals surface area contributed by atoms with Gasteiger partial charge in [-0.2, -0.15) is 0 Å². The highest BCUT2D eigenvalue weighted by Crippen LogP contribution is 2.04. The van der Waals surface area contributed by atoms with Gasteiger partial charge in [0.25, 0.3) is 0 Å². The number of carboxylic acids is 1. The number of carbonyl (C=O) groups excluding carboxylic acids is 3. The molecule has 0 radical (unpaired) electrons. The molecule has 1 atom stereocenters. The summed E-state index contributed by atoms with van der Waals surface area (Å²) >= 11 is 0. The van der Waals surface area contributed by atoms with Gasteiger partial charge in [0.15, 0.2) is 5.78 Å². The van der Waals surface area contributed by atoms with Crippen molar-refractivity contribution in [2.24, 2.45) is 0 Å². The summed E-state index contributed by atoms with van der Waals surface area (Å²) < 4.78 is 0. The van der Waals surface area contributed by atoms with Crippen molar-refractivity contribution in [3.63, 3.8) is 0 Å². The number of carbonyl (C=O) groups is 4. The first kappa shape index (κ1) is 16.3. The number of Topliss-reactive ketones (excluding diaryl/α,β-unsaturated/α-hetero) is 2. The van der Waals surface area contributed by atoms with E-state index in [0.717, 1.165) is 0 Å². The summed E-state index contributed by atoms with van der Waals surface area (Å²) in [5.74, 6) is -1.67. The zero-order chi connectivity index (χ0) is 14.1. The van der Waals surface area contributed by atoms with Crippen LogP contribution in [0.3, 0.4) is 0 Å². The second kappa shape index (κ2) is 8.38. The van der Waals surface area contributed by atoms with Gasteiger partial charge in [-0.25, -0.2) is 0 Å². The maximum absolute atomic E-state index is 11.4. The molecule has 6 heteroatoms. The van der Waals surface area contributed by atoms with Gasteiger partial charge in [-0.05, 0) is 26.7 Å². The van der Waals surface area contributed by atoms with Crippen molar-refractivity contribution in [2.75, 3.05) is 0 Å². The Kier molecular flexibility index (Phi) is 7.58. The number of hydrogen-bond acceptors (Lipinski definition) is 4. The van der Waals surface area contributed by atoms with Crippen LogP contribution in [0.15, 0.2) is 0 Å². The van der Waals surface area contributed by atoms with Crippen molar-refractivity contribution in [3.8, 4) is 0 Å². The third-order valence-corrected chi connectivity index (χ3v) is 2.41. The minimum Gasteiger partial charge on any atom is -0.481 e. The van der Waals surface area contributed by atoms with Gasteiger partial charge >= 0.3 is 5.97 Å². The van der Waals surface area contributed by atoms with Gasteiger partial charge in [-0.1, -0.05) is 0 Å². The molecule has 102 valence electrons. The Hall–Kier alpha value is -1.72. The molecule has 0 fully saturated rings. The van der Waals surface area contributed by atoms with Crippen molar-refractivity contribution < 1.29 is 24.3 Å². The van der Waals surface area contributed by atoms with Gasteiger partial charge < -0.3 is 15.2 Å². The van der Waals surface area contributed by atoms with Gasteiger partial charge in [-0.15, -0.1) is 0 Å². The van der Waals surface area contributed by atoms with Crippen LogP contribution in [0, 0.1) is 0 Å². The molecule has 0 unspecified atom stereocenters. The van der Waals surface area contributed by atoms with Crippen LogP contribution in [0.4, 0.5) is 0 Å². The molecule has 0 rings (SSSR count). The zero-order valence-electron chi connectivity index (χ0n) is 10.7. The minimum absolute atomic E-state index is 0.0366. The lowest BCUT2D eigenvalue weighted by Crippen LogP contribution is -2.39. The van der Waals surface area contributed by atoms with E-state index in [4.69, 9.17) is 5.11 Å². The third kappa shape index (κ3) is 8.43. The summed E-state index contributed by atoms with van der Waals surface area (Å²) in [6, 6.07) is -0.634. The maximum Gasteiger partial charge on any atom is 0.303 e. The van der Waals surface area contributed by atoms with E-state index >= 15 is 0 Å². The average Bonchev–Trinajstić information content (AvgIpc) is 2.24. The first-order valence-corrected chi connectivity index (χ1v) is 5.84. The molecule has 0 aromatic carbocycles. The summed E-state index contributed by atoms with van der Waals surface area (Å²) in [4.78, 5) is 43.7. The van der Waals surface area contributed by atoms with Gasteiger partial charge in [0.2, 0.25) is 5.91 Å². The van der Waals surface area contributed by atoms with Crippen LogP contribution in [0.25, 0.3) is 0 Å². The first-order valence-electron chi connectivity index (χ1n) is 5.84. The van der Waals surface area contributed by atoms with E-state index in [9.17, 15) is 19.2 Å². The normalized spacial score (nSPS) is 11.7. The van der Waals surface area contributed by atoms with Crippen LogP contribution >= 0.6 is 0 Å². The molecule has 0 heterocycles. The van der Waals surface area contributed by atoms with Crippen molar-refractivity contribution >= 4 is 23.4 Å². The minimum atomic E-state index is -1.05. The van der Waals surface area contributed by atoms with E-state index in [2.05, 4.69) is 5.32 Å². The Bertz CT molecular complexity index is 337. The Balaban J connectivity index is 4.10. The van der Waals surface area contributed by atoms with Gasteiger partial charge in [0.1, 0.15) is 5.78 Å². The molecule has 0 aliphatic rings. The monoisotopic (exact) mass is 257 g/mol. The third-order valence-electron chi connectivity index (χ3n) is 2.41. The standard InChI is InChI=1S/C12H19NO5/c1-8(14)4-3-5-10(9(2)15)13-11(16)6-7-12(17)18/h10H,3-7H2,1-2H3,(H,13,16)(H,17,18)/t10-/m0/s1. The highest BCUT2D eigenvalue weighted by atomic mass is 16.4. The lowest BCUT2D eigenvalue weighted by molar-refractivity contribution is -0.139. The molecular formula is C12H19NO5. The number of ketones is 2. The van der Waals surface area contributed by atoms with Gasteiger partial charge in [0, 0.05) is 12.8 Å². The van der Waals surface area contributed by atoms with Crippen molar-refractivity contribution in [3.05, 3.63) is 0 Å². The van der Waals surface area contributed by atoms with Crippen LogP contribution in [-0.4, -0.2) is 34.6 Å². The van der Waals surface area contributed by atoms with E-state index < -0.39 is 17.9 Å². The average molecular weight is 257 g/mol. The van der Waals surface area contributed by atoms with Gasteiger partial charge in [-0.3, -0.25) is 14.4 Å². The van der Waals surface area contributed by atoms with E-state index in [1.165, 1.54) is 13.8 Å². The van der Waals surface area contributed by atoms with Crippen molar-refractivity contribution in [2.45, 2.75) is 52.0 Å². The molecule has 18 heavy (non-hydrogen) atoms. The summed E-state index contributed by atoms with van der Waals surface area (Å²) in [5.41, 5.74) is 0. The van der Waals surface area contributed by atoms with Crippen LogP contribution in [0.1, 0.15) is 46.0 Å². The van der Waals surface area contributed by atoms with Crippen LogP contribution in [0.5, 0.6) is 0 Å². The quantitative estimate of drug-likeness (QED) is 0.632. The number of amides is 1. The van der Waals surface area contributed by atoms with Crippen molar-refractivity contribution in [1.29, 1.82) is 0 Å². The molecule has 0 aliphatic heterocycles. The fraction of sp³-hybridized carbons (Fsp3) is 0.667. The highest BCUT2D eigenvalue weighted by Gasteiger charge is 2.17. The second-order valence-corrected chi connectivity index (χ2v) is 4.22. The van der Waals surface area contributed by atoms with E-state index in [-0.39, 0.29) is 24.4 Å². The van der Waals surface area contributed by atoms with Gasteiger partial charge in [0.05, 0.1) is 12.5 Å². The van der Waals surface area contributed by atoms with Crippen molar-refractivity contribution in [1.82, 2.24) is 5.32 Å². The molecular weight excluding hydrogens is 238 g/mol. The maximum atomic E-state index is 11.4. The zero-order valence-corrected chi connectivity index (χ0v) is 10.7. The number of nitrogens with one attached hydrogen (secondary N) is 1. The van der Waals surface area contributed by atoms with Crippen LogP contribution in [-0.2, 0) is 19.2 Å². The Morgan fingerprint density at radius 2 is 1.67 bits per heavy atom. The highest BCUT2D eigenvalue weighted by molar-refractivity contribution is 5.88. The Labute approximate surface area is 106 Å². The molecule has 0 saturated carbocycles. The number of hydrogen-bond donors (Lipinski definition) is 2. The Morgan fingerprint density at radius 3 is 2.11 bits per heavy atom. The lowest BCUT2D eigenvalue weighted by Gasteiger charge is -2.15. The second-order valence-electron chi connectivity index (χ2n) is 4.22. The predicted octanol–water partition coefficient (Wildman–Crippen LogP) is 0.684. The topological polar surface area (TPSA) is 101 Å². The summed E-state index contributed by atoms with van der Waals surface area (Å²) in [5, 5.41) is 10.9. The number of rotatable bonds is 9. The summed E-state index contributed by atoms with van der Waals surface area (Å²) in [6.07, 6.45) is 0.886. The number of carboxylic acid groups (broad SMARTS) is 1. The summed E-state index contributed by atoms with van der Waals surface area (Å²) in [6.45, 7) is 2.82. The smallest absolute Gasteiger partial charge is 0.303 e. The Morgan fingerprint density at radius 1 is 1.06 bits per heavy atom. The number of aliphatic carboxylic acids is 1. The molecule has 2 N–H and O–H groups in total. The molecule has 0 aromatic rings. The molecule has 1 amide bonds. The molecule has 0 aliphatic carbocycles. The van der Waals surface area contributed by atoms with Crippen LogP contribution in [0.2, 0.25) is 0 Å². The van der Waals surface area contributed by atoms with E-state index in [1.54, 1.807) is 0 Å². The molecule has 0 bridgehead atoms. The largest absolute Gasteiger partial charge is 0.481 e. The lowest BCUT2D eigenvalue weighted by atomic mass is 10.0. The molecule has 6 nitrogen and oxygen atoms in total. The first-order chi connectivity index (χ1) is 8.32. The van der Waals surface area contributed by atoms with Crippen LogP contribution < -0.4 is 5.32 Å². The fourth-order valence-electron chi connectivity index (χ4n) is 1.42. The fourth-order valence-corrected chi connectivity index (χ4v) is 1.42.